The zero-order valence-electron chi connectivity index (χ0n) is 9.13. The predicted octanol–water partition coefficient (Wildman–Crippen LogP) is 2.74. The highest BCUT2D eigenvalue weighted by Crippen LogP contribution is 2.23. The van der Waals surface area contributed by atoms with Crippen molar-refractivity contribution < 1.29 is 4.84 Å². The first-order chi connectivity index (χ1) is 8.43. The molecular weight excluding hydrogens is 212 g/mol. The second kappa shape index (κ2) is 4.22. The fraction of sp³-hybridized carbons (Fsp3) is 0. The van der Waals surface area contributed by atoms with Crippen LogP contribution >= 0.6 is 0 Å². The van der Waals surface area contributed by atoms with E-state index in [1.807, 2.05) is 60.7 Å². The molecule has 1 N–H and O–H groups in total. The van der Waals surface area contributed by atoms with Crippen molar-refractivity contribution in [3.8, 4) is 0 Å². The van der Waals surface area contributed by atoms with E-state index in [4.69, 9.17) is 4.84 Å². The summed E-state index contributed by atoms with van der Waals surface area (Å²) in [5.74, 6) is 0.689. The second-order valence-electron chi connectivity index (χ2n) is 3.65. The number of rotatable bonds is 2. The molecule has 83 valence electrons. The lowest BCUT2D eigenvalue weighted by atomic mass is 10.2. The lowest BCUT2D eigenvalue weighted by Gasteiger charge is -2.17. The minimum absolute atomic E-state index is 0.689. The maximum absolute atomic E-state index is 5.66. The van der Waals surface area contributed by atoms with Gasteiger partial charge in [0.25, 0.3) is 0 Å². The van der Waals surface area contributed by atoms with E-state index in [1.165, 1.54) is 0 Å². The highest BCUT2D eigenvalue weighted by molar-refractivity contribution is 5.61. The number of hydrogen-bond donors (Lipinski definition) is 1. The Bertz CT molecular complexity index is 522. The molecule has 0 saturated heterocycles. The third-order valence-corrected chi connectivity index (χ3v) is 2.48. The number of nitrogens with one attached hydrogen (secondary N) is 1. The van der Waals surface area contributed by atoms with Crippen LogP contribution in [-0.2, 0) is 4.84 Å². The molecule has 2 aromatic rings. The SMILES string of the molecule is [C]1=C(c2ccccc2)ON(c2ccccc2)N1. The molecule has 1 aliphatic rings. The minimum atomic E-state index is 0.689. The van der Waals surface area contributed by atoms with Crippen LogP contribution in [0.4, 0.5) is 5.69 Å². The largest absolute Gasteiger partial charge is 0.356 e. The maximum Gasteiger partial charge on any atom is 0.192 e. The fourth-order valence-corrected chi connectivity index (χ4v) is 1.63. The second-order valence-corrected chi connectivity index (χ2v) is 3.65. The molecule has 0 saturated carbocycles. The monoisotopic (exact) mass is 223 g/mol. The number of nitrogens with zero attached hydrogens (tertiary/aromatic N) is 1. The van der Waals surface area contributed by atoms with E-state index in [9.17, 15) is 0 Å². The molecule has 0 aromatic heterocycles. The maximum atomic E-state index is 5.66. The van der Waals surface area contributed by atoms with Gasteiger partial charge in [-0.15, -0.1) is 5.17 Å². The van der Waals surface area contributed by atoms with Crippen LogP contribution in [0.1, 0.15) is 5.56 Å². The topological polar surface area (TPSA) is 24.5 Å². The van der Waals surface area contributed by atoms with Gasteiger partial charge in [-0.2, -0.15) is 0 Å². The first kappa shape index (κ1) is 9.78. The van der Waals surface area contributed by atoms with Gasteiger partial charge in [-0.25, -0.2) is 0 Å². The number of anilines is 1. The zero-order chi connectivity index (χ0) is 11.5. The summed E-state index contributed by atoms with van der Waals surface area (Å²) < 4.78 is 0. The van der Waals surface area contributed by atoms with Crippen molar-refractivity contribution in [3.63, 3.8) is 0 Å². The van der Waals surface area contributed by atoms with Crippen molar-refractivity contribution in [2.24, 2.45) is 0 Å². The Morgan fingerprint density at radius 2 is 1.53 bits per heavy atom. The molecule has 3 rings (SSSR count). The van der Waals surface area contributed by atoms with Gasteiger partial charge in [0, 0.05) is 5.56 Å². The first-order valence-electron chi connectivity index (χ1n) is 5.41. The Balaban J connectivity index is 1.78. The molecule has 1 radical (unpaired) electrons. The van der Waals surface area contributed by atoms with Gasteiger partial charge in [0.15, 0.2) is 5.76 Å². The summed E-state index contributed by atoms with van der Waals surface area (Å²) >= 11 is 0. The minimum Gasteiger partial charge on any atom is -0.356 e. The Morgan fingerprint density at radius 1 is 0.882 bits per heavy atom. The molecule has 0 bridgehead atoms. The summed E-state index contributed by atoms with van der Waals surface area (Å²) in [7, 11) is 0. The number of para-hydroxylation sites is 1. The Labute approximate surface area is 99.9 Å². The van der Waals surface area contributed by atoms with Crippen molar-refractivity contribution in [2.75, 3.05) is 5.17 Å². The standard InChI is InChI=1S/C14H11N2O/c1-3-7-12(8-4-1)14-11-15-16(17-14)13-9-5-2-6-10-13/h1-10,15H. The van der Waals surface area contributed by atoms with Gasteiger partial charge in [0.2, 0.25) is 0 Å². The molecule has 3 heteroatoms. The molecule has 3 nitrogen and oxygen atoms in total. The van der Waals surface area contributed by atoms with Gasteiger partial charge < -0.3 is 4.84 Å². The van der Waals surface area contributed by atoms with Crippen LogP contribution in [0.25, 0.3) is 5.76 Å². The van der Waals surface area contributed by atoms with Gasteiger partial charge in [-0.05, 0) is 12.1 Å². The fourth-order valence-electron chi connectivity index (χ4n) is 1.63. The van der Waals surface area contributed by atoms with Crippen LogP contribution in [0.3, 0.4) is 0 Å². The van der Waals surface area contributed by atoms with E-state index in [0.29, 0.717) is 5.76 Å². The molecule has 2 aromatic carbocycles. The molecular formula is C14H11N2O. The first-order valence-corrected chi connectivity index (χ1v) is 5.41. The molecule has 0 atom stereocenters. The molecule has 17 heavy (non-hydrogen) atoms. The number of hydrogen-bond acceptors (Lipinski definition) is 3. The lowest BCUT2D eigenvalue weighted by molar-refractivity contribution is 0.243. The van der Waals surface area contributed by atoms with Crippen molar-refractivity contribution in [2.45, 2.75) is 0 Å². The van der Waals surface area contributed by atoms with Crippen LogP contribution in [0, 0.1) is 6.20 Å². The van der Waals surface area contributed by atoms with Crippen LogP contribution < -0.4 is 10.6 Å². The molecule has 1 heterocycles. The van der Waals surface area contributed by atoms with E-state index in [2.05, 4.69) is 11.6 Å². The number of benzene rings is 2. The third kappa shape index (κ3) is 1.95. The molecule has 1 aliphatic heterocycles. The summed E-state index contributed by atoms with van der Waals surface area (Å²) in [5, 5.41) is 1.59. The normalized spacial score (nSPS) is 13.9. The van der Waals surface area contributed by atoms with E-state index in [1.54, 1.807) is 5.17 Å². The molecule has 0 spiro atoms. The Morgan fingerprint density at radius 3 is 2.24 bits per heavy atom. The van der Waals surface area contributed by atoms with Crippen molar-refractivity contribution >= 4 is 11.4 Å². The van der Waals surface area contributed by atoms with Gasteiger partial charge in [0.1, 0.15) is 6.20 Å². The van der Waals surface area contributed by atoms with Crippen LogP contribution in [-0.4, -0.2) is 0 Å². The highest BCUT2D eigenvalue weighted by atomic mass is 16.7. The van der Waals surface area contributed by atoms with E-state index < -0.39 is 0 Å². The quantitative estimate of drug-likeness (QED) is 0.847. The smallest absolute Gasteiger partial charge is 0.192 e. The number of hydrazine groups is 1. The van der Waals surface area contributed by atoms with Gasteiger partial charge >= 0.3 is 0 Å². The van der Waals surface area contributed by atoms with Crippen molar-refractivity contribution in [1.29, 1.82) is 0 Å². The Kier molecular flexibility index (Phi) is 2.43. The zero-order valence-corrected chi connectivity index (χ0v) is 9.13. The Hall–Kier alpha value is -2.42. The molecule has 0 amide bonds. The summed E-state index contributed by atoms with van der Waals surface area (Å²) in [5.41, 5.74) is 4.88. The lowest BCUT2D eigenvalue weighted by Crippen LogP contribution is -2.28. The molecule has 0 aliphatic carbocycles. The van der Waals surface area contributed by atoms with Gasteiger partial charge in [0.05, 0.1) is 5.69 Å². The van der Waals surface area contributed by atoms with Gasteiger partial charge in [-0.1, -0.05) is 48.5 Å². The van der Waals surface area contributed by atoms with E-state index in [-0.39, 0.29) is 0 Å². The van der Waals surface area contributed by atoms with Gasteiger partial charge in [-0.3, -0.25) is 5.43 Å². The average Bonchev–Trinajstić information content (AvgIpc) is 2.90. The van der Waals surface area contributed by atoms with Crippen LogP contribution in [0.5, 0.6) is 0 Å². The van der Waals surface area contributed by atoms with Crippen molar-refractivity contribution in [1.82, 2.24) is 5.43 Å². The highest BCUT2D eigenvalue weighted by Gasteiger charge is 2.17. The summed E-state index contributed by atoms with van der Waals surface area (Å²) in [6.07, 6.45) is 2.99. The van der Waals surface area contributed by atoms with E-state index in [0.717, 1.165) is 11.3 Å². The van der Waals surface area contributed by atoms with Crippen LogP contribution in [0.2, 0.25) is 0 Å². The summed E-state index contributed by atoms with van der Waals surface area (Å²) in [4.78, 5) is 5.66. The third-order valence-electron chi connectivity index (χ3n) is 2.48. The summed E-state index contributed by atoms with van der Waals surface area (Å²) in [6.45, 7) is 0. The molecule has 0 fully saturated rings. The van der Waals surface area contributed by atoms with E-state index >= 15 is 0 Å². The van der Waals surface area contributed by atoms with Crippen LogP contribution in [0.15, 0.2) is 60.7 Å². The summed E-state index contributed by atoms with van der Waals surface area (Å²) in [6, 6.07) is 19.7. The van der Waals surface area contributed by atoms with Crippen molar-refractivity contribution in [3.05, 3.63) is 72.4 Å². The molecule has 0 unspecified atom stereocenters. The predicted molar refractivity (Wildman–Crippen MR) is 66.2 cm³/mol. The average molecular weight is 223 g/mol.